The van der Waals surface area contributed by atoms with Gasteiger partial charge >= 0.3 is 5.97 Å². The monoisotopic (exact) mass is 225 g/mol. The van der Waals surface area contributed by atoms with Gasteiger partial charge in [0.15, 0.2) is 0 Å². The summed E-state index contributed by atoms with van der Waals surface area (Å²) in [5.41, 5.74) is -0.693. The maximum atomic E-state index is 12.0. The Morgan fingerprint density at radius 1 is 1.50 bits per heavy atom. The van der Waals surface area contributed by atoms with Gasteiger partial charge in [0.05, 0.1) is 12.0 Å². The first-order chi connectivity index (χ1) is 7.34. The van der Waals surface area contributed by atoms with Crippen LogP contribution in [0.5, 0.6) is 0 Å². The Hall–Kier alpha value is -1.06. The van der Waals surface area contributed by atoms with E-state index in [4.69, 9.17) is 4.74 Å². The topological polar surface area (TPSA) is 46.6 Å². The highest BCUT2D eigenvalue weighted by atomic mass is 16.5. The lowest BCUT2D eigenvalue weighted by atomic mass is 9.79. The largest absolute Gasteiger partial charge is 0.464 e. The number of carbonyl (C=O) groups excluding carboxylic acids is 2. The lowest BCUT2D eigenvalue weighted by molar-refractivity contribution is -0.185. The Balaban J connectivity index is 2.20. The van der Waals surface area contributed by atoms with Gasteiger partial charge in [0.25, 0.3) is 0 Å². The van der Waals surface area contributed by atoms with Gasteiger partial charge in [-0.1, -0.05) is 0 Å². The molecule has 0 radical (unpaired) electrons. The number of esters is 1. The molecule has 1 saturated carbocycles. The van der Waals surface area contributed by atoms with E-state index in [1.807, 2.05) is 20.8 Å². The summed E-state index contributed by atoms with van der Waals surface area (Å²) in [7, 11) is 0. The molecule has 2 aliphatic rings. The average molecular weight is 225 g/mol. The van der Waals surface area contributed by atoms with Crippen molar-refractivity contribution >= 4 is 11.9 Å². The zero-order valence-electron chi connectivity index (χ0n) is 10.4. The van der Waals surface area contributed by atoms with Crippen LogP contribution in [0.4, 0.5) is 0 Å². The summed E-state index contributed by atoms with van der Waals surface area (Å²) in [6, 6.07) is -0.347. The maximum Gasteiger partial charge on any atom is 0.329 e. The zero-order chi connectivity index (χ0) is 12.1. The fourth-order valence-corrected chi connectivity index (χ4v) is 2.52. The number of ether oxygens (including phenoxy) is 1. The number of carbonyl (C=O) groups is 2. The second-order valence-electron chi connectivity index (χ2n) is 5.66. The summed E-state index contributed by atoms with van der Waals surface area (Å²) in [5.74, 6) is -0.118. The third-order valence-corrected chi connectivity index (χ3v) is 3.45. The smallest absolute Gasteiger partial charge is 0.329 e. The predicted octanol–water partition coefficient (Wildman–Crippen LogP) is 1.34. The van der Waals surface area contributed by atoms with E-state index in [1.165, 1.54) is 0 Å². The van der Waals surface area contributed by atoms with Crippen molar-refractivity contribution in [1.29, 1.82) is 0 Å². The number of hydrogen-bond acceptors (Lipinski definition) is 3. The molecule has 0 N–H and O–H groups in total. The molecule has 4 heteroatoms. The van der Waals surface area contributed by atoms with Crippen LogP contribution in [0.1, 0.15) is 40.5 Å². The first-order valence-corrected chi connectivity index (χ1v) is 5.85. The molecule has 1 spiro atoms. The quantitative estimate of drug-likeness (QED) is 0.526. The van der Waals surface area contributed by atoms with E-state index in [1.54, 1.807) is 11.8 Å². The third-order valence-electron chi connectivity index (χ3n) is 3.45. The first kappa shape index (κ1) is 11.4. The van der Waals surface area contributed by atoms with Crippen LogP contribution in [0.15, 0.2) is 0 Å². The molecule has 16 heavy (non-hydrogen) atoms. The van der Waals surface area contributed by atoms with Crippen LogP contribution in [0.2, 0.25) is 0 Å². The van der Waals surface area contributed by atoms with Crippen LogP contribution in [0.25, 0.3) is 0 Å². The summed E-state index contributed by atoms with van der Waals surface area (Å²) < 4.78 is 5.06. The van der Waals surface area contributed by atoms with Crippen molar-refractivity contribution < 1.29 is 14.3 Å². The van der Waals surface area contributed by atoms with Crippen LogP contribution >= 0.6 is 0 Å². The van der Waals surface area contributed by atoms with Crippen molar-refractivity contribution in [3.63, 3.8) is 0 Å². The predicted molar refractivity (Wildman–Crippen MR) is 58.7 cm³/mol. The third kappa shape index (κ3) is 1.35. The van der Waals surface area contributed by atoms with Gasteiger partial charge in [-0.15, -0.1) is 0 Å². The van der Waals surface area contributed by atoms with Crippen LogP contribution < -0.4 is 0 Å². The molecular formula is C12H19NO3. The molecule has 1 atom stereocenters. The molecule has 0 aromatic carbocycles. The lowest BCUT2D eigenvalue weighted by Gasteiger charge is -2.53. The highest BCUT2D eigenvalue weighted by molar-refractivity contribution is 6.03. The molecule has 2 fully saturated rings. The number of rotatable bonds is 2. The SMILES string of the molecule is CCOC(=O)C1N(C(C)(C)C)C(=O)C12CC2. The van der Waals surface area contributed by atoms with Crippen LogP contribution in [0, 0.1) is 5.41 Å². The minimum Gasteiger partial charge on any atom is -0.464 e. The van der Waals surface area contributed by atoms with Crippen LogP contribution in [-0.2, 0) is 14.3 Å². The average Bonchev–Trinajstić information content (AvgIpc) is 2.92. The lowest BCUT2D eigenvalue weighted by Crippen LogP contribution is -2.71. The summed E-state index contributed by atoms with van der Waals surface area (Å²) in [6.45, 7) is 8.02. The fraction of sp³-hybridized carbons (Fsp3) is 0.833. The Bertz CT molecular complexity index is 339. The Labute approximate surface area is 95.9 Å². The molecule has 1 aliphatic heterocycles. The van der Waals surface area contributed by atoms with Crippen molar-refractivity contribution in [2.45, 2.75) is 52.1 Å². The van der Waals surface area contributed by atoms with E-state index in [0.29, 0.717) is 6.61 Å². The van der Waals surface area contributed by atoms with Gasteiger partial charge in [-0.25, -0.2) is 4.79 Å². The van der Waals surface area contributed by atoms with Crippen molar-refractivity contribution in [1.82, 2.24) is 4.90 Å². The highest BCUT2D eigenvalue weighted by Gasteiger charge is 2.72. The minimum absolute atomic E-state index is 0.123. The molecule has 1 amide bonds. The first-order valence-electron chi connectivity index (χ1n) is 5.85. The number of likely N-dealkylation sites (tertiary alicyclic amines) is 1. The minimum atomic E-state index is -0.389. The molecule has 0 bridgehead atoms. The van der Waals surface area contributed by atoms with Crippen LogP contribution in [-0.4, -0.2) is 35.0 Å². The second kappa shape index (κ2) is 3.22. The van der Waals surface area contributed by atoms with Crippen molar-refractivity contribution in [2.75, 3.05) is 6.61 Å². The van der Waals surface area contributed by atoms with E-state index >= 15 is 0 Å². The Morgan fingerprint density at radius 2 is 2.06 bits per heavy atom. The van der Waals surface area contributed by atoms with Gasteiger partial charge < -0.3 is 9.64 Å². The van der Waals surface area contributed by atoms with E-state index in [0.717, 1.165) is 12.8 Å². The molecule has 1 unspecified atom stereocenters. The Kier molecular flexibility index (Phi) is 2.30. The molecule has 0 aromatic heterocycles. The van der Waals surface area contributed by atoms with Gasteiger partial charge in [0, 0.05) is 5.54 Å². The van der Waals surface area contributed by atoms with Crippen molar-refractivity contribution in [2.24, 2.45) is 5.41 Å². The second-order valence-corrected chi connectivity index (χ2v) is 5.66. The summed E-state index contributed by atoms with van der Waals surface area (Å²) >= 11 is 0. The van der Waals surface area contributed by atoms with Crippen molar-refractivity contribution in [3.8, 4) is 0 Å². The highest BCUT2D eigenvalue weighted by Crippen LogP contribution is 2.60. The van der Waals surface area contributed by atoms with Gasteiger partial charge in [-0.2, -0.15) is 0 Å². The fourth-order valence-electron chi connectivity index (χ4n) is 2.52. The summed E-state index contributed by atoms with van der Waals surface area (Å²) in [5, 5.41) is 0. The number of amides is 1. The standard InChI is InChI=1S/C12H19NO3/c1-5-16-9(14)8-12(6-7-12)10(15)13(8)11(2,3)4/h8H,5-7H2,1-4H3. The molecule has 1 aliphatic carbocycles. The number of β-lactam (4-membered cyclic amide) rings is 1. The summed E-state index contributed by atoms with van der Waals surface area (Å²) in [6.07, 6.45) is 1.67. The van der Waals surface area contributed by atoms with E-state index in [2.05, 4.69) is 0 Å². The molecule has 2 rings (SSSR count). The molecule has 1 heterocycles. The molecule has 0 aromatic rings. The van der Waals surface area contributed by atoms with Crippen LogP contribution in [0.3, 0.4) is 0 Å². The van der Waals surface area contributed by atoms with E-state index in [-0.39, 0.29) is 28.9 Å². The van der Waals surface area contributed by atoms with Gasteiger partial charge in [-0.05, 0) is 40.5 Å². The number of hydrogen-bond donors (Lipinski definition) is 0. The van der Waals surface area contributed by atoms with E-state index < -0.39 is 0 Å². The molecule has 90 valence electrons. The Morgan fingerprint density at radius 3 is 2.44 bits per heavy atom. The summed E-state index contributed by atoms with van der Waals surface area (Å²) in [4.78, 5) is 25.6. The van der Waals surface area contributed by atoms with E-state index in [9.17, 15) is 9.59 Å². The number of nitrogens with zero attached hydrogens (tertiary/aromatic N) is 1. The van der Waals surface area contributed by atoms with Crippen molar-refractivity contribution in [3.05, 3.63) is 0 Å². The molecular weight excluding hydrogens is 206 g/mol. The van der Waals surface area contributed by atoms with Gasteiger partial charge in [-0.3, -0.25) is 4.79 Å². The zero-order valence-corrected chi connectivity index (χ0v) is 10.4. The van der Waals surface area contributed by atoms with Gasteiger partial charge in [0.1, 0.15) is 6.04 Å². The van der Waals surface area contributed by atoms with Gasteiger partial charge in [0.2, 0.25) is 5.91 Å². The molecule has 4 nitrogen and oxygen atoms in total. The normalized spacial score (nSPS) is 26.6. The molecule has 1 saturated heterocycles. The maximum absolute atomic E-state index is 12.0.